The maximum atomic E-state index is 11.7. The molecule has 4 aromatic rings. The Morgan fingerprint density at radius 3 is 2.50 bits per heavy atom. The fraction of sp³-hybridized carbons (Fsp3) is 0.192. The standard InChI is InChI=1S/C26H27N3O3/c1-31-22-12-13-25-24(16-22)21(18-29(25)28-26(30)32-2)14-15-27-17-20-10-6-7-11-23(20)19-8-4-3-5-9-19/h3-13,16,18,27H,14-15,17H2,1-2H3,(H,28,30). The van der Waals surface area contributed by atoms with E-state index in [9.17, 15) is 4.79 Å². The van der Waals surface area contributed by atoms with E-state index in [4.69, 9.17) is 9.47 Å². The lowest BCUT2D eigenvalue weighted by molar-refractivity contribution is 0.183. The number of benzene rings is 3. The van der Waals surface area contributed by atoms with Gasteiger partial charge in [0.05, 0.1) is 19.7 Å². The third-order valence-electron chi connectivity index (χ3n) is 5.48. The van der Waals surface area contributed by atoms with E-state index in [1.807, 2.05) is 30.5 Å². The second-order valence-electron chi connectivity index (χ2n) is 7.46. The summed E-state index contributed by atoms with van der Waals surface area (Å²) in [4.78, 5) is 11.7. The average molecular weight is 430 g/mol. The number of nitrogens with one attached hydrogen (secondary N) is 2. The van der Waals surface area contributed by atoms with Gasteiger partial charge in [-0.3, -0.25) is 4.68 Å². The summed E-state index contributed by atoms with van der Waals surface area (Å²) in [6, 6.07) is 24.7. The lowest BCUT2D eigenvalue weighted by Crippen LogP contribution is -2.21. The van der Waals surface area contributed by atoms with E-state index in [1.54, 1.807) is 11.8 Å². The maximum absolute atomic E-state index is 11.7. The number of fused-ring (bicyclic) bond motifs is 1. The summed E-state index contributed by atoms with van der Waals surface area (Å²) in [6.45, 7) is 1.56. The molecule has 0 saturated carbocycles. The Balaban J connectivity index is 1.48. The number of hydrogen-bond donors (Lipinski definition) is 2. The number of amides is 1. The summed E-state index contributed by atoms with van der Waals surface area (Å²) >= 11 is 0. The smallest absolute Gasteiger partial charge is 0.426 e. The van der Waals surface area contributed by atoms with Gasteiger partial charge in [0.25, 0.3) is 0 Å². The molecular weight excluding hydrogens is 402 g/mol. The van der Waals surface area contributed by atoms with Crippen LogP contribution in [-0.4, -0.2) is 31.5 Å². The van der Waals surface area contributed by atoms with Crippen molar-refractivity contribution in [1.82, 2.24) is 9.99 Å². The Hall–Kier alpha value is -3.77. The summed E-state index contributed by atoms with van der Waals surface area (Å²) < 4.78 is 11.8. The summed E-state index contributed by atoms with van der Waals surface area (Å²) in [7, 11) is 3.00. The van der Waals surface area contributed by atoms with Gasteiger partial charge < -0.3 is 14.8 Å². The molecule has 4 rings (SSSR count). The Kier molecular flexibility index (Phi) is 6.72. The van der Waals surface area contributed by atoms with Crippen LogP contribution in [0.3, 0.4) is 0 Å². The van der Waals surface area contributed by atoms with Crippen LogP contribution in [0.2, 0.25) is 0 Å². The average Bonchev–Trinajstić information content (AvgIpc) is 3.18. The zero-order valence-corrected chi connectivity index (χ0v) is 18.3. The monoisotopic (exact) mass is 429 g/mol. The molecule has 1 amide bonds. The van der Waals surface area contributed by atoms with Gasteiger partial charge >= 0.3 is 6.09 Å². The number of carbonyl (C=O) groups is 1. The second kappa shape index (κ2) is 10.0. The van der Waals surface area contributed by atoms with E-state index in [0.29, 0.717) is 0 Å². The molecule has 6 nitrogen and oxygen atoms in total. The first-order valence-electron chi connectivity index (χ1n) is 10.6. The first-order valence-corrected chi connectivity index (χ1v) is 10.6. The Morgan fingerprint density at radius 2 is 1.72 bits per heavy atom. The minimum atomic E-state index is -0.514. The molecule has 32 heavy (non-hydrogen) atoms. The van der Waals surface area contributed by atoms with E-state index in [-0.39, 0.29) is 0 Å². The molecule has 1 aromatic heterocycles. The summed E-state index contributed by atoms with van der Waals surface area (Å²) in [6.07, 6.45) is 2.22. The van der Waals surface area contributed by atoms with Crippen LogP contribution in [0, 0.1) is 0 Å². The Labute approximate surface area is 187 Å². The largest absolute Gasteiger partial charge is 0.497 e. The predicted octanol–water partition coefficient (Wildman–Crippen LogP) is 4.96. The number of rotatable bonds is 8. The molecule has 2 N–H and O–H groups in total. The molecule has 0 atom stereocenters. The SMILES string of the molecule is COC(=O)Nn1cc(CCNCc2ccccc2-c2ccccc2)c2cc(OC)ccc21. The van der Waals surface area contributed by atoms with Crippen LogP contribution in [-0.2, 0) is 17.7 Å². The zero-order valence-electron chi connectivity index (χ0n) is 18.3. The molecule has 1 heterocycles. The predicted molar refractivity (Wildman–Crippen MR) is 128 cm³/mol. The molecule has 0 spiro atoms. The molecule has 0 aliphatic carbocycles. The number of carbonyl (C=O) groups excluding carboxylic acids is 1. The number of aromatic nitrogens is 1. The van der Waals surface area contributed by atoms with E-state index in [2.05, 4.69) is 59.3 Å². The highest BCUT2D eigenvalue weighted by molar-refractivity contribution is 5.88. The fourth-order valence-corrected chi connectivity index (χ4v) is 3.86. The van der Waals surface area contributed by atoms with Crippen molar-refractivity contribution in [2.45, 2.75) is 13.0 Å². The quantitative estimate of drug-likeness (QED) is 0.389. The van der Waals surface area contributed by atoms with Gasteiger partial charge in [-0.2, -0.15) is 0 Å². The molecule has 0 bridgehead atoms. The first kappa shape index (κ1) is 21.5. The molecule has 0 aliphatic heterocycles. The lowest BCUT2D eigenvalue weighted by Gasteiger charge is -2.11. The third-order valence-corrected chi connectivity index (χ3v) is 5.48. The minimum Gasteiger partial charge on any atom is -0.497 e. The van der Waals surface area contributed by atoms with Crippen LogP contribution in [0.1, 0.15) is 11.1 Å². The molecule has 0 fully saturated rings. The first-order chi connectivity index (χ1) is 15.7. The van der Waals surface area contributed by atoms with Crippen molar-refractivity contribution in [3.8, 4) is 16.9 Å². The lowest BCUT2D eigenvalue weighted by atomic mass is 10.00. The van der Waals surface area contributed by atoms with Gasteiger partial charge in [-0.1, -0.05) is 54.6 Å². The number of hydrogen-bond acceptors (Lipinski definition) is 4. The van der Waals surface area contributed by atoms with E-state index in [0.717, 1.165) is 41.7 Å². The van der Waals surface area contributed by atoms with Crippen LogP contribution in [0.4, 0.5) is 4.79 Å². The second-order valence-corrected chi connectivity index (χ2v) is 7.46. The van der Waals surface area contributed by atoms with Crippen LogP contribution in [0.5, 0.6) is 5.75 Å². The topological polar surface area (TPSA) is 64.5 Å². The minimum absolute atomic E-state index is 0.514. The Morgan fingerprint density at radius 1 is 0.938 bits per heavy atom. The van der Waals surface area contributed by atoms with Crippen molar-refractivity contribution in [3.05, 3.63) is 90.1 Å². The van der Waals surface area contributed by atoms with E-state index >= 15 is 0 Å². The van der Waals surface area contributed by atoms with Crippen molar-refractivity contribution in [3.63, 3.8) is 0 Å². The fourth-order valence-electron chi connectivity index (χ4n) is 3.86. The number of ether oxygens (including phenoxy) is 2. The molecular formula is C26H27N3O3. The summed E-state index contributed by atoms with van der Waals surface area (Å²) in [5.41, 5.74) is 8.44. The highest BCUT2D eigenvalue weighted by Crippen LogP contribution is 2.26. The highest BCUT2D eigenvalue weighted by atomic mass is 16.5. The normalized spacial score (nSPS) is 10.8. The number of methoxy groups -OCH3 is 2. The summed E-state index contributed by atoms with van der Waals surface area (Å²) in [5.74, 6) is 0.777. The van der Waals surface area contributed by atoms with Gasteiger partial charge in [0.15, 0.2) is 0 Å². The molecule has 6 heteroatoms. The zero-order chi connectivity index (χ0) is 22.3. The summed E-state index contributed by atoms with van der Waals surface area (Å²) in [5, 5.41) is 4.60. The van der Waals surface area contributed by atoms with Gasteiger partial charge in [-0.05, 0) is 53.4 Å². The molecule has 0 radical (unpaired) electrons. The van der Waals surface area contributed by atoms with Crippen LogP contribution < -0.4 is 15.5 Å². The van der Waals surface area contributed by atoms with E-state index < -0.39 is 6.09 Å². The van der Waals surface area contributed by atoms with Gasteiger partial charge in [0.2, 0.25) is 0 Å². The van der Waals surface area contributed by atoms with Crippen molar-refractivity contribution in [2.24, 2.45) is 0 Å². The van der Waals surface area contributed by atoms with Gasteiger partial charge in [0.1, 0.15) is 5.75 Å². The van der Waals surface area contributed by atoms with Crippen LogP contribution in [0.15, 0.2) is 79.0 Å². The van der Waals surface area contributed by atoms with E-state index in [1.165, 1.54) is 23.8 Å². The van der Waals surface area contributed by atoms with Gasteiger partial charge in [-0.15, -0.1) is 0 Å². The van der Waals surface area contributed by atoms with Gasteiger partial charge in [-0.25, -0.2) is 10.2 Å². The molecule has 0 unspecified atom stereocenters. The highest BCUT2D eigenvalue weighted by Gasteiger charge is 2.12. The van der Waals surface area contributed by atoms with Crippen molar-refractivity contribution in [2.75, 3.05) is 26.2 Å². The van der Waals surface area contributed by atoms with Crippen molar-refractivity contribution < 1.29 is 14.3 Å². The Bertz CT molecular complexity index is 1200. The third kappa shape index (κ3) is 4.76. The molecule has 3 aromatic carbocycles. The van der Waals surface area contributed by atoms with Crippen molar-refractivity contribution >= 4 is 17.0 Å². The maximum Gasteiger partial charge on any atom is 0.426 e. The molecule has 0 saturated heterocycles. The van der Waals surface area contributed by atoms with Crippen molar-refractivity contribution in [1.29, 1.82) is 0 Å². The van der Waals surface area contributed by atoms with Crippen LogP contribution in [0.25, 0.3) is 22.0 Å². The number of nitrogens with zero attached hydrogens (tertiary/aromatic N) is 1. The van der Waals surface area contributed by atoms with Crippen LogP contribution >= 0.6 is 0 Å². The van der Waals surface area contributed by atoms with Gasteiger partial charge in [0, 0.05) is 18.1 Å². The molecule has 164 valence electrons. The molecule has 0 aliphatic rings.